The van der Waals surface area contributed by atoms with Crippen LogP contribution >= 0.6 is 0 Å². The van der Waals surface area contributed by atoms with Crippen molar-refractivity contribution in [1.82, 2.24) is 19.8 Å². The number of rotatable bonds is 6. The molecule has 1 aliphatic heterocycles. The monoisotopic (exact) mass is 400 g/mol. The lowest BCUT2D eigenvalue weighted by Crippen LogP contribution is -2.44. The van der Waals surface area contributed by atoms with Crippen molar-refractivity contribution in [1.29, 1.82) is 5.26 Å². The van der Waals surface area contributed by atoms with E-state index in [1.54, 1.807) is 6.20 Å². The van der Waals surface area contributed by atoms with Gasteiger partial charge in [-0.1, -0.05) is 12.2 Å². The number of benzene rings is 1. The zero-order valence-corrected chi connectivity index (χ0v) is 17.7. The minimum absolute atomic E-state index is 0.546. The van der Waals surface area contributed by atoms with Gasteiger partial charge in [-0.15, -0.1) is 0 Å². The summed E-state index contributed by atoms with van der Waals surface area (Å²) in [5.74, 6) is 0. The highest BCUT2D eigenvalue weighted by atomic mass is 15.2. The van der Waals surface area contributed by atoms with Crippen LogP contribution < -0.4 is 5.32 Å². The Morgan fingerprint density at radius 1 is 1.20 bits per heavy atom. The van der Waals surface area contributed by atoms with E-state index in [0.717, 1.165) is 67.2 Å². The van der Waals surface area contributed by atoms with E-state index in [9.17, 15) is 5.26 Å². The largest absolute Gasteiger partial charge is 0.361 e. The third-order valence-corrected chi connectivity index (χ3v) is 5.86. The van der Waals surface area contributed by atoms with E-state index in [2.05, 4.69) is 75.5 Å². The smallest absolute Gasteiger partial charge is 0.103 e. The number of likely N-dealkylation sites (N-methyl/N-ethyl adjacent to an activating group) is 1. The van der Waals surface area contributed by atoms with Crippen LogP contribution in [0.1, 0.15) is 23.1 Å². The molecular weight excluding hydrogens is 372 g/mol. The molecule has 6 nitrogen and oxygen atoms in total. The fourth-order valence-electron chi connectivity index (χ4n) is 3.92. The van der Waals surface area contributed by atoms with Crippen molar-refractivity contribution in [2.45, 2.75) is 13.3 Å². The second-order valence-electron chi connectivity index (χ2n) is 7.90. The van der Waals surface area contributed by atoms with Crippen molar-refractivity contribution in [2.75, 3.05) is 45.1 Å². The van der Waals surface area contributed by atoms with Gasteiger partial charge in [0.1, 0.15) is 6.07 Å². The summed E-state index contributed by atoms with van der Waals surface area (Å²) in [6.45, 7) is 7.68. The van der Waals surface area contributed by atoms with Crippen molar-refractivity contribution in [3.05, 3.63) is 59.6 Å². The fraction of sp³-hybridized carbons (Fsp3) is 0.333. The standard InChI is InChI=1S/C24H28N6/c1-18-21-8-9-27-23(21)7-6-22(18)28-24-19(16-26-17-20(24)15-25)5-3-4-10-30-13-11-29(2)12-14-30/h3,5-9,16-17,27H,4,10-14H2,1-2H3,(H,26,28)/b5-3+. The molecule has 3 aromatic rings. The predicted molar refractivity (Wildman–Crippen MR) is 123 cm³/mol. The third kappa shape index (κ3) is 4.38. The van der Waals surface area contributed by atoms with Gasteiger partial charge in [-0.3, -0.25) is 4.98 Å². The highest BCUT2D eigenvalue weighted by Crippen LogP contribution is 2.30. The van der Waals surface area contributed by atoms with Gasteiger partial charge in [0.25, 0.3) is 0 Å². The molecule has 3 heterocycles. The van der Waals surface area contributed by atoms with Crippen LogP contribution in [0.3, 0.4) is 0 Å². The molecule has 0 atom stereocenters. The molecule has 0 radical (unpaired) electrons. The van der Waals surface area contributed by atoms with Gasteiger partial charge >= 0.3 is 0 Å². The van der Waals surface area contributed by atoms with Gasteiger partial charge in [0, 0.05) is 73.5 Å². The number of pyridine rings is 1. The van der Waals surface area contributed by atoms with Gasteiger partial charge in [0.05, 0.1) is 11.3 Å². The average molecular weight is 401 g/mol. The molecule has 0 spiro atoms. The molecule has 1 aliphatic rings. The molecule has 0 amide bonds. The maximum absolute atomic E-state index is 9.62. The number of aromatic nitrogens is 2. The summed E-state index contributed by atoms with van der Waals surface area (Å²) in [7, 11) is 2.18. The summed E-state index contributed by atoms with van der Waals surface area (Å²) < 4.78 is 0. The number of aromatic amines is 1. The Kier molecular flexibility index (Phi) is 6.12. The number of nitrogens with one attached hydrogen (secondary N) is 2. The minimum Gasteiger partial charge on any atom is -0.361 e. The lowest BCUT2D eigenvalue weighted by molar-refractivity contribution is 0.156. The van der Waals surface area contributed by atoms with Crippen LogP contribution in [0.15, 0.2) is 42.9 Å². The van der Waals surface area contributed by atoms with E-state index in [4.69, 9.17) is 0 Å². The molecular formula is C24H28N6. The molecule has 0 aliphatic carbocycles. The number of aryl methyl sites for hydroxylation is 1. The van der Waals surface area contributed by atoms with Crippen LogP contribution in [0, 0.1) is 18.3 Å². The highest BCUT2D eigenvalue weighted by molar-refractivity contribution is 5.89. The Balaban J connectivity index is 1.51. The van der Waals surface area contributed by atoms with Crippen molar-refractivity contribution in [2.24, 2.45) is 0 Å². The minimum atomic E-state index is 0.546. The van der Waals surface area contributed by atoms with Crippen molar-refractivity contribution < 1.29 is 0 Å². The summed E-state index contributed by atoms with van der Waals surface area (Å²) in [4.78, 5) is 12.4. The van der Waals surface area contributed by atoms with E-state index < -0.39 is 0 Å². The Morgan fingerprint density at radius 2 is 2.03 bits per heavy atom. The Hall–Kier alpha value is -3.14. The van der Waals surface area contributed by atoms with Crippen LogP contribution in [-0.4, -0.2) is 59.5 Å². The van der Waals surface area contributed by atoms with Crippen LogP contribution in [0.25, 0.3) is 17.0 Å². The van der Waals surface area contributed by atoms with Crippen LogP contribution in [0.4, 0.5) is 11.4 Å². The molecule has 2 aromatic heterocycles. The molecule has 2 N–H and O–H groups in total. The first-order valence-corrected chi connectivity index (χ1v) is 10.4. The van der Waals surface area contributed by atoms with Crippen LogP contribution in [0.5, 0.6) is 0 Å². The first-order chi connectivity index (χ1) is 14.7. The first kappa shape index (κ1) is 20.1. The summed E-state index contributed by atoms with van der Waals surface area (Å²) >= 11 is 0. The zero-order valence-electron chi connectivity index (χ0n) is 17.7. The number of hydrogen-bond donors (Lipinski definition) is 2. The predicted octanol–water partition coefficient (Wildman–Crippen LogP) is 4.14. The number of nitriles is 1. The number of nitrogens with zero attached hydrogens (tertiary/aromatic N) is 4. The fourth-order valence-corrected chi connectivity index (χ4v) is 3.92. The van der Waals surface area contributed by atoms with E-state index in [-0.39, 0.29) is 0 Å². The Morgan fingerprint density at radius 3 is 2.83 bits per heavy atom. The quantitative estimate of drug-likeness (QED) is 0.651. The molecule has 6 heteroatoms. The van der Waals surface area contributed by atoms with Crippen molar-refractivity contribution in [3.63, 3.8) is 0 Å². The van der Waals surface area contributed by atoms with Crippen LogP contribution in [0.2, 0.25) is 0 Å². The summed E-state index contributed by atoms with van der Waals surface area (Å²) in [5.41, 5.74) is 5.54. The molecule has 0 bridgehead atoms. The van der Waals surface area contributed by atoms with Gasteiger partial charge in [0.2, 0.25) is 0 Å². The molecule has 1 saturated heterocycles. The molecule has 1 aromatic carbocycles. The third-order valence-electron chi connectivity index (χ3n) is 5.86. The molecule has 1 fully saturated rings. The van der Waals surface area contributed by atoms with Crippen molar-refractivity contribution >= 4 is 28.4 Å². The SMILES string of the molecule is Cc1c(Nc2c(C#N)cncc2/C=C/CCN2CCN(C)CC2)ccc2[nH]ccc12. The first-order valence-electron chi connectivity index (χ1n) is 10.4. The van der Waals surface area contributed by atoms with Gasteiger partial charge in [-0.2, -0.15) is 5.26 Å². The second-order valence-corrected chi connectivity index (χ2v) is 7.90. The Labute approximate surface area is 177 Å². The topological polar surface area (TPSA) is 71.0 Å². The molecule has 0 unspecified atom stereocenters. The number of piperazine rings is 1. The molecule has 154 valence electrons. The van der Waals surface area contributed by atoms with E-state index >= 15 is 0 Å². The van der Waals surface area contributed by atoms with Gasteiger partial charge in [-0.25, -0.2) is 0 Å². The summed E-state index contributed by atoms with van der Waals surface area (Å²) in [6, 6.07) is 8.46. The van der Waals surface area contributed by atoms with E-state index in [0.29, 0.717) is 5.56 Å². The number of H-pyrrole nitrogens is 1. The number of hydrogen-bond acceptors (Lipinski definition) is 5. The van der Waals surface area contributed by atoms with E-state index in [1.165, 1.54) is 5.39 Å². The van der Waals surface area contributed by atoms with Crippen LogP contribution in [-0.2, 0) is 0 Å². The summed E-state index contributed by atoms with van der Waals surface area (Å²) in [5, 5.41) is 14.3. The maximum atomic E-state index is 9.62. The van der Waals surface area contributed by atoms with Crippen molar-refractivity contribution in [3.8, 4) is 6.07 Å². The maximum Gasteiger partial charge on any atom is 0.103 e. The average Bonchev–Trinajstić information content (AvgIpc) is 3.25. The Bertz CT molecular complexity index is 1080. The van der Waals surface area contributed by atoms with Gasteiger partial charge in [0.15, 0.2) is 0 Å². The van der Waals surface area contributed by atoms with Gasteiger partial charge in [-0.05, 0) is 44.2 Å². The normalized spacial score (nSPS) is 15.6. The molecule has 0 saturated carbocycles. The molecule has 4 rings (SSSR count). The second kappa shape index (κ2) is 9.12. The zero-order chi connectivity index (χ0) is 20.9. The number of anilines is 2. The highest BCUT2D eigenvalue weighted by Gasteiger charge is 2.13. The molecule has 30 heavy (non-hydrogen) atoms. The van der Waals surface area contributed by atoms with Gasteiger partial charge < -0.3 is 20.1 Å². The summed E-state index contributed by atoms with van der Waals surface area (Å²) in [6.07, 6.45) is 10.6. The lowest BCUT2D eigenvalue weighted by atomic mass is 10.1. The lowest BCUT2D eigenvalue weighted by Gasteiger charge is -2.32. The number of fused-ring (bicyclic) bond motifs is 1. The van der Waals surface area contributed by atoms with E-state index in [1.807, 2.05) is 12.4 Å².